The monoisotopic (exact) mass is 1850 g/mol. The molecule has 1 aliphatic rings. The van der Waals surface area contributed by atoms with Gasteiger partial charge in [-0.25, -0.2) is 47.8 Å². The van der Waals surface area contributed by atoms with Gasteiger partial charge in [-0.1, -0.05) is 202 Å². The van der Waals surface area contributed by atoms with Crippen LogP contribution in [0.3, 0.4) is 0 Å². The number of anilines is 2. The van der Waals surface area contributed by atoms with Crippen molar-refractivity contribution in [1.29, 1.82) is 5.26 Å². The van der Waals surface area contributed by atoms with E-state index in [9.17, 15) is 38.8 Å². The highest BCUT2D eigenvalue weighted by Crippen LogP contribution is 2.41. The Hall–Kier alpha value is -18.5. The smallest absolute Gasteiger partial charge is 0.318 e. The van der Waals surface area contributed by atoms with Gasteiger partial charge in [0, 0.05) is 47.4 Å². The summed E-state index contributed by atoms with van der Waals surface area (Å²) in [6.45, 7) is 64.0. The fourth-order valence-electron chi connectivity index (χ4n) is 13.0. The Balaban J connectivity index is 0.000000176. The second-order valence-corrected chi connectivity index (χ2v) is 35.2. The second-order valence-electron chi connectivity index (χ2n) is 35.2. The van der Waals surface area contributed by atoms with Crippen LogP contribution in [0.15, 0.2) is 229 Å². The van der Waals surface area contributed by atoms with Gasteiger partial charge < -0.3 is 4.90 Å². The minimum Gasteiger partial charge on any atom is -0.318 e. The number of azo groups is 4. The molecule has 1 aliphatic heterocycles. The number of benzene rings is 5. The third kappa shape index (κ3) is 23.3. The van der Waals surface area contributed by atoms with Crippen LogP contribution in [0.2, 0.25) is 0 Å². The van der Waals surface area contributed by atoms with Gasteiger partial charge in [0.15, 0.2) is 51.7 Å². The molecule has 0 aliphatic carbocycles. The molecule has 10 heterocycles. The van der Waals surface area contributed by atoms with Crippen LogP contribution in [0.4, 0.5) is 85.1 Å². The first-order chi connectivity index (χ1) is 65.0. The number of nitrogens with one attached hydrogen (secondary N) is 10. The molecule has 1 unspecified atom stereocenters. The summed E-state index contributed by atoms with van der Waals surface area (Å²) >= 11 is 0. The molecule has 9 aromatic heterocycles. The number of nitrogens with zero attached hydrogens (tertiary/aromatic N) is 25. The zero-order valence-electron chi connectivity index (χ0n) is 78.2. The summed E-state index contributed by atoms with van der Waals surface area (Å²) in [4.78, 5) is 121. The summed E-state index contributed by atoms with van der Waals surface area (Å²) in [6.07, 6.45) is 4.13. The molecule has 0 bridgehead atoms. The van der Waals surface area contributed by atoms with E-state index in [-0.39, 0.29) is 125 Å². The maximum absolute atomic E-state index is 13.1. The highest BCUT2D eigenvalue weighted by Gasteiger charge is 2.42. The van der Waals surface area contributed by atoms with E-state index in [2.05, 4.69) is 142 Å². The minimum atomic E-state index is -0.542. The van der Waals surface area contributed by atoms with Gasteiger partial charge in [0.25, 0.3) is 50.9 Å². The van der Waals surface area contributed by atoms with Crippen LogP contribution >= 0.6 is 0 Å². The molecule has 698 valence electrons. The van der Waals surface area contributed by atoms with Crippen LogP contribution in [0.1, 0.15) is 175 Å². The molecule has 0 spiro atoms. The fraction of sp³-hybridized carbons (Fsp3) is 0.280. The van der Waals surface area contributed by atoms with Crippen molar-refractivity contribution >= 4 is 110 Å². The molecule has 137 heavy (non-hydrogen) atoms. The van der Waals surface area contributed by atoms with Crippen LogP contribution in [0.5, 0.6) is 0 Å². The van der Waals surface area contributed by atoms with Crippen LogP contribution < -0.4 is 32.6 Å². The number of rotatable bonds is 17. The summed E-state index contributed by atoms with van der Waals surface area (Å²) in [6, 6.07) is 45.9. The average Bonchev–Trinajstić information content (AvgIpc) is 0.966. The Labute approximate surface area is 783 Å². The van der Waals surface area contributed by atoms with Crippen molar-refractivity contribution in [3.05, 3.63) is 297 Å². The molecule has 44 heteroatoms. The molecule has 0 radical (unpaired) electrons. The number of imide groups is 1. The number of para-hydroxylation sites is 5. The number of hydrogen-bond donors (Lipinski definition) is 10. The van der Waals surface area contributed by atoms with Crippen LogP contribution in [0.25, 0.3) is 42.1 Å². The molecule has 1 saturated heterocycles. The van der Waals surface area contributed by atoms with Crippen LogP contribution in [0, 0.1) is 37.6 Å². The fourth-order valence-corrected chi connectivity index (χ4v) is 13.0. The number of amides is 3. The van der Waals surface area contributed by atoms with Gasteiger partial charge >= 0.3 is 12.2 Å². The number of Topliss-reactive ketones (excluding diaryl/α,β-unsaturated/α-hetero) is 1. The number of aryl methyl sites for hydroxylation is 1. The van der Waals surface area contributed by atoms with Crippen molar-refractivity contribution in [3.63, 3.8) is 0 Å². The lowest BCUT2D eigenvalue weighted by molar-refractivity contribution is -0.191. The number of aromatic amines is 9. The summed E-state index contributed by atoms with van der Waals surface area (Å²) < 4.78 is 5.39. The van der Waals surface area contributed by atoms with Crippen molar-refractivity contribution in [2.45, 2.75) is 164 Å². The Bertz CT molecular complexity index is 7380. The Morgan fingerprint density at radius 2 is 0.810 bits per heavy atom. The molecule has 3 amide bonds. The predicted octanol–water partition coefficient (Wildman–Crippen LogP) is 19.6. The zero-order valence-corrected chi connectivity index (χ0v) is 78.2. The van der Waals surface area contributed by atoms with E-state index in [0.29, 0.717) is 62.7 Å². The molecule has 1 fully saturated rings. The molecule has 14 aromatic rings. The van der Waals surface area contributed by atoms with E-state index in [1.165, 1.54) is 36.7 Å². The molecular formula is C93H97N35O9. The Kier molecular flexibility index (Phi) is 31.6. The van der Waals surface area contributed by atoms with Crippen molar-refractivity contribution < 1.29 is 24.0 Å². The Morgan fingerprint density at radius 3 is 1.21 bits per heavy atom. The lowest BCUT2D eigenvalue weighted by atomic mass is 9.91. The van der Waals surface area contributed by atoms with Gasteiger partial charge in [0.1, 0.15) is 17.5 Å². The topological polar surface area (TPSA) is 551 Å². The number of hydrazone groups is 1. The molecule has 1 atom stereocenters. The summed E-state index contributed by atoms with van der Waals surface area (Å²) in [5.41, 5.74) is 8.40. The molecule has 15 rings (SSSR count). The van der Waals surface area contributed by atoms with E-state index in [1.54, 1.807) is 93.0 Å². The maximum atomic E-state index is 13.1. The lowest BCUT2D eigenvalue weighted by Crippen LogP contribution is -2.60. The molecule has 5 aromatic carbocycles. The first kappa shape index (κ1) is 101. The van der Waals surface area contributed by atoms with E-state index in [1.807, 2.05) is 196 Å². The van der Waals surface area contributed by atoms with E-state index in [0.717, 1.165) is 28.3 Å². The van der Waals surface area contributed by atoms with Gasteiger partial charge in [0.05, 0.1) is 84.5 Å². The molecule has 10 N–H and O–H groups in total. The number of urea groups is 1. The minimum absolute atomic E-state index is 0.0245. The van der Waals surface area contributed by atoms with Crippen molar-refractivity contribution in [2.75, 3.05) is 17.4 Å². The van der Waals surface area contributed by atoms with E-state index < -0.39 is 29.1 Å². The van der Waals surface area contributed by atoms with Crippen LogP contribution in [-0.2, 0) is 47.9 Å². The number of nitriles is 1. The largest absolute Gasteiger partial charge is 0.373 e. The standard InChI is InChI=1S/C20H23N7O2.C19H19N7O2.C18H16N8O.C18H22N6O.C17H17N7O.CO2/c1-12-14(22-24-17-15(21-5)16(23-25-17)20(2,3)4)18(28)27(19(29)26(12)6)13-10-8-7-9-11-13;1-11(27)13-14(18(28)26(25-13)12-9-7-6-8-10-12)21-23-17-15(20-5)16(22-24-17)19(2,3)4;1-18(2,3)15-14(20-4)16(24-22-15)23-21-13-12(10-19)25-26(17(13)27)11-8-6-5-7-9-11;1-5-12-11-19-21-16(12)22-20-14-15(18(2,3)4)23-24(17(14)25)13-9-7-6-8-10-13;1-17(2,3)14-13(20-22-15-12(18-4)10-19-21-15)16(25)24(23-14)11-8-6-5-7-9-11;2-1-3/h7-12H,1-4,6H3,(H2,23,24,25);6-10,25H,1-4H3,(H,22,24);5-9,25H,1-3H3,(H,22,24);6-11,23H,5H2,1-4H3,(H,19,21);5-10,23H,1-3H3,(H,19,21);. The second kappa shape index (κ2) is 43.0. The van der Waals surface area contributed by atoms with Gasteiger partial charge in [-0.3, -0.25) is 80.1 Å². The molecule has 0 saturated carbocycles. The predicted molar refractivity (Wildman–Crippen MR) is 510 cm³/mol. The molecule has 44 nitrogen and oxygen atoms in total. The highest BCUT2D eigenvalue weighted by molar-refractivity contribution is 6.51. The number of aromatic nitrogens is 18. The number of carbonyl (C=O) groups is 3. The van der Waals surface area contributed by atoms with Gasteiger partial charge in [-0.15, -0.1) is 40.9 Å². The quantitative estimate of drug-likeness (QED) is 0.0175. The number of ketones is 1. The van der Waals surface area contributed by atoms with E-state index in [4.69, 9.17) is 35.9 Å². The van der Waals surface area contributed by atoms with Gasteiger partial charge in [0.2, 0.25) is 11.6 Å². The van der Waals surface area contributed by atoms with E-state index >= 15 is 0 Å². The lowest BCUT2D eigenvalue weighted by Gasteiger charge is -2.36. The summed E-state index contributed by atoms with van der Waals surface area (Å²) in [5, 5.41) is 91.6. The van der Waals surface area contributed by atoms with Crippen molar-refractivity contribution in [3.8, 4) is 28.8 Å². The zero-order chi connectivity index (χ0) is 100. The first-order valence-electron chi connectivity index (χ1n) is 42.0. The third-order valence-electron chi connectivity index (χ3n) is 20.2. The summed E-state index contributed by atoms with van der Waals surface area (Å²) in [7, 11) is 1.61. The van der Waals surface area contributed by atoms with Crippen molar-refractivity contribution in [1.82, 2.24) is 95.0 Å². The average molecular weight is 1850 g/mol. The number of H-pyrrole nitrogens is 9. The highest BCUT2D eigenvalue weighted by atomic mass is 16.2. The summed E-state index contributed by atoms with van der Waals surface area (Å²) in [5.74, 6) is 0.310. The van der Waals surface area contributed by atoms with Gasteiger partial charge in [-0.2, -0.15) is 45.4 Å². The SMILES string of the molecule is CCc1cn[nH]c1N=Nc1c(C(C)(C)C)[nH]n(-c2ccccc2)c1=O.O=C=O.[C-]#[N+]c1c(N=Nc2c(C#N)[nH]n(-c3ccccc3)c2=O)n[nH]c1C(C)(C)C.[C-]#[N+]c1c(N=Nc2c(C(C)=O)[nH]n(-c3ccccc3)c2=O)n[nH]c1C(C)(C)C.[C-]#[N+]c1c(NN=C2C(=O)N(c3ccccc3)C(=O)N(C)C2C)n[nH]c1C(C)(C)C.[C-]#[N+]c1cn[nH]c1N=Nc1c(C(C)(C)C)[nH]n(-c2ccccc2)c1=O. The Morgan fingerprint density at radius 1 is 0.453 bits per heavy atom. The molecular weight excluding hydrogens is 1750 g/mol. The van der Waals surface area contributed by atoms with Crippen molar-refractivity contribution in [2.24, 2.45) is 46.0 Å². The van der Waals surface area contributed by atoms with Crippen LogP contribution in [-0.4, -0.2) is 138 Å². The first-order valence-corrected chi connectivity index (χ1v) is 42.0. The number of hydrogen-bond acceptors (Lipinski definition) is 25. The van der Waals surface area contributed by atoms with Gasteiger partial charge in [-0.05, 0) is 90.3 Å². The number of carbonyl (C=O) groups excluding carboxylic acids is 5. The maximum Gasteiger partial charge on any atom is 0.373 e. The third-order valence-corrected chi connectivity index (χ3v) is 20.2. The normalized spacial score (nSPS) is 13.1.